The lowest BCUT2D eigenvalue weighted by Gasteiger charge is -2.22. The first-order valence-electron chi connectivity index (χ1n) is 6.17. The Labute approximate surface area is 113 Å². The van der Waals surface area contributed by atoms with Crippen LogP contribution < -0.4 is 10.6 Å². The summed E-state index contributed by atoms with van der Waals surface area (Å²) in [5, 5.41) is 8.81. The number of rotatable bonds is 5. The van der Waals surface area contributed by atoms with Gasteiger partial charge < -0.3 is 15.4 Å². The second-order valence-electron chi connectivity index (χ2n) is 4.40. The van der Waals surface area contributed by atoms with Crippen molar-refractivity contribution in [2.75, 3.05) is 30.8 Å². The lowest BCUT2D eigenvalue weighted by molar-refractivity contribution is 0.0526. The Kier molecular flexibility index (Phi) is 5.19. The molecule has 0 aliphatic rings. The van der Waals surface area contributed by atoms with Gasteiger partial charge in [0.2, 0.25) is 0 Å². The van der Waals surface area contributed by atoms with E-state index in [0.717, 1.165) is 5.69 Å². The second kappa shape index (κ2) is 6.64. The third-order valence-electron chi connectivity index (χ3n) is 2.72. The summed E-state index contributed by atoms with van der Waals surface area (Å²) < 4.78 is 4.91. The van der Waals surface area contributed by atoms with Gasteiger partial charge >= 0.3 is 5.97 Å². The third kappa shape index (κ3) is 3.88. The van der Waals surface area contributed by atoms with Gasteiger partial charge in [-0.2, -0.15) is 5.26 Å². The van der Waals surface area contributed by atoms with Crippen LogP contribution in [0.4, 0.5) is 11.4 Å². The summed E-state index contributed by atoms with van der Waals surface area (Å²) >= 11 is 0. The maximum atomic E-state index is 11.6. The van der Waals surface area contributed by atoms with Crippen molar-refractivity contribution in [1.29, 1.82) is 5.26 Å². The third-order valence-corrected chi connectivity index (χ3v) is 2.72. The van der Waals surface area contributed by atoms with E-state index < -0.39 is 0 Å². The van der Waals surface area contributed by atoms with Gasteiger partial charge in [0.25, 0.3) is 0 Å². The van der Waals surface area contributed by atoms with Crippen molar-refractivity contribution >= 4 is 17.3 Å². The van der Waals surface area contributed by atoms with E-state index in [-0.39, 0.29) is 11.9 Å². The highest BCUT2D eigenvalue weighted by atomic mass is 16.5. The van der Waals surface area contributed by atoms with Crippen LogP contribution in [0.25, 0.3) is 0 Å². The molecule has 1 atom stereocenters. The first kappa shape index (κ1) is 14.8. The zero-order valence-electron chi connectivity index (χ0n) is 11.5. The van der Waals surface area contributed by atoms with Crippen molar-refractivity contribution in [2.24, 2.45) is 5.92 Å². The summed E-state index contributed by atoms with van der Waals surface area (Å²) in [5.41, 5.74) is 7.68. The summed E-state index contributed by atoms with van der Waals surface area (Å²) in [5.74, 6) is -0.470. The molecule has 1 aromatic carbocycles. The molecule has 2 N–H and O–H groups in total. The van der Waals surface area contributed by atoms with Crippen molar-refractivity contribution in [1.82, 2.24) is 0 Å². The molecule has 1 rings (SSSR count). The molecule has 1 aromatic rings. The SMILES string of the molecule is CCOC(=O)c1ccc(N(C)CC(C)C#N)c(N)c1. The number of carbonyl (C=O) groups is 1. The maximum absolute atomic E-state index is 11.6. The van der Waals surface area contributed by atoms with Gasteiger partial charge in [-0.1, -0.05) is 0 Å². The molecule has 0 radical (unpaired) electrons. The van der Waals surface area contributed by atoms with E-state index in [0.29, 0.717) is 24.4 Å². The van der Waals surface area contributed by atoms with Crippen molar-refractivity contribution in [3.05, 3.63) is 23.8 Å². The number of hydrogen-bond acceptors (Lipinski definition) is 5. The first-order valence-corrected chi connectivity index (χ1v) is 6.17. The smallest absolute Gasteiger partial charge is 0.338 e. The highest BCUT2D eigenvalue weighted by molar-refractivity contribution is 5.92. The Morgan fingerprint density at radius 1 is 1.58 bits per heavy atom. The standard InChI is InChI=1S/C14H19N3O2/c1-4-19-14(18)11-5-6-13(12(16)7-11)17(3)9-10(2)8-15/h5-7,10H,4,9,16H2,1-3H3. The number of nitrogens with two attached hydrogens (primary N) is 1. The van der Waals surface area contributed by atoms with Crippen LogP contribution >= 0.6 is 0 Å². The summed E-state index contributed by atoms with van der Waals surface area (Å²) in [6.07, 6.45) is 0. The average Bonchev–Trinajstić information content (AvgIpc) is 2.38. The Bertz CT molecular complexity index is 494. The molecule has 5 heteroatoms. The lowest BCUT2D eigenvalue weighted by atomic mass is 10.1. The van der Waals surface area contributed by atoms with E-state index in [2.05, 4.69) is 6.07 Å². The van der Waals surface area contributed by atoms with Gasteiger partial charge in [0.15, 0.2) is 0 Å². The minimum absolute atomic E-state index is 0.0888. The number of hydrogen-bond donors (Lipinski definition) is 1. The van der Waals surface area contributed by atoms with Crippen molar-refractivity contribution in [2.45, 2.75) is 13.8 Å². The van der Waals surface area contributed by atoms with Crippen LogP contribution in [0.1, 0.15) is 24.2 Å². The molecular formula is C14H19N3O2. The highest BCUT2D eigenvalue weighted by Gasteiger charge is 2.12. The van der Waals surface area contributed by atoms with Crippen LogP contribution in [0.15, 0.2) is 18.2 Å². The number of ether oxygens (including phenoxy) is 1. The zero-order chi connectivity index (χ0) is 14.4. The minimum Gasteiger partial charge on any atom is -0.462 e. The second-order valence-corrected chi connectivity index (χ2v) is 4.40. The maximum Gasteiger partial charge on any atom is 0.338 e. The minimum atomic E-state index is -0.381. The molecule has 5 nitrogen and oxygen atoms in total. The predicted molar refractivity (Wildman–Crippen MR) is 74.9 cm³/mol. The highest BCUT2D eigenvalue weighted by Crippen LogP contribution is 2.24. The van der Waals surface area contributed by atoms with E-state index in [1.165, 1.54) is 0 Å². The van der Waals surface area contributed by atoms with Crippen LogP contribution in [0.3, 0.4) is 0 Å². The number of benzene rings is 1. The van der Waals surface area contributed by atoms with Gasteiger partial charge in [-0.15, -0.1) is 0 Å². The topological polar surface area (TPSA) is 79.3 Å². The van der Waals surface area contributed by atoms with Crippen LogP contribution in [0.5, 0.6) is 0 Å². The largest absolute Gasteiger partial charge is 0.462 e. The molecule has 0 fully saturated rings. The number of carbonyl (C=O) groups excluding carboxylic acids is 1. The van der Waals surface area contributed by atoms with E-state index in [1.54, 1.807) is 25.1 Å². The Morgan fingerprint density at radius 3 is 2.79 bits per heavy atom. The molecule has 19 heavy (non-hydrogen) atoms. The Hall–Kier alpha value is -2.22. The first-order chi connectivity index (χ1) is 8.99. The van der Waals surface area contributed by atoms with Gasteiger partial charge in [0.1, 0.15) is 0 Å². The fourth-order valence-electron chi connectivity index (χ4n) is 1.79. The molecule has 0 aromatic heterocycles. The van der Waals surface area contributed by atoms with Crippen molar-refractivity contribution in [3.8, 4) is 6.07 Å². The van der Waals surface area contributed by atoms with Crippen LogP contribution in [0.2, 0.25) is 0 Å². The number of nitriles is 1. The number of esters is 1. The summed E-state index contributed by atoms with van der Waals surface area (Å²) in [7, 11) is 1.86. The van der Waals surface area contributed by atoms with E-state index in [9.17, 15) is 4.79 Å². The monoisotopic (exact) mass is 261 g/mol. The molecule has 0 aliphatic carbocycles. The van der Waals surface area contributed by atoms with Gasteiger partial charge in [-0.05, 0) is 32.0 Å². The van der Waals surface area contributed by atoms with Crippen LogP contribution in [-0.2, 0) is 4.74 Å². The molecule has 0 saturated carbocycles. The van der Waals surface area contributed by atoms with Gasteiger partial charge in [0.05, 0.1) is 35.5 Å². The molecule has 0 amide bonds. The van der Waals surface area contributed by atoms with Gasteiger partial charge in [0, 0.05) is 13.6 Å². The van der Waals surface area contributed by atoms with Crippen molar-refractivity contribution in [3.63, 3.8) is 0 Å². The molecule has 0 heterocycles. The fourth-order valence-corrected chi connectivity index (χ4v) is 1.79. The van der Waals surface area contributed by atoms with Crippen molar-refractivity contribution < 1.29 is 9.53 Å². The fraction of sp³-hybridized carbons (Fsp3) is 0.429. The van der Waals surface area contributed by atoms with Crippen LogP contribution in [0, 0.1) is 17.2 Å². The van der Waals surface area contributed by atoms with E-state index in [1.807, 2.05) is 18.9 Å². The van der Waals surface area contributed by atoms with Gasteiger partial charge in [-0.25, -0.2) is 4.79 Å². The molecule has 1 unspecified atom stereocenters. The molecular weight excluding hydrogens is 242 g/mol. The zero-order valence-corrected chi connectivity index (χ0v) is 11.5. The van der Waals surface area contributed by atoms with Crippen LogP contribution in [-0.4, -0.2) is 26.2 Å². The molecule has 0 saturated heterocycles. The Balaban J connectivity index is 2.88. The predicted octanol–water partition coefficient (Wildman–Crippen LogP) is 2.04. The normalized spacial score (nSPS) is 11.5. The lowest BCUT2D eigenvalue weighted by Crippen LogP contribution is -2.24. The van der Waals surface area contributed by atoms with E-state index in [4.69, 9.17) is 15.7 Å². The number of anilines is 2. The molecule has 0 bridgehead atoms. The van der Waals surface area contributed by atoms with E-state index >= 15 is 0 Å². The van der Waals surface area contributed by atoms with Gasteiger partial charge in [-0.3, -0.25) is 0 Å². The number of nitrogens with zero attached hydrogens (tertiary/aromatic N) is 2. The average molecular weight is 261 g/mol. The Morgan fingerprint density at radius 2 is 2.26 bits per heavy atom. The molecule has 0 spiro atoms. The number of nitrogen functional groups attached to an aromatic ring is 1. The summed E-state index contributed by atoms with van der Waals surface area (Å²) in [6, 6.07) is 7.22. The quantitative estimate of drug-likeness (QED) is 0.648. The molecule has 102 valence electrons. The summed E-state index contributed by atoms with van der Waals surface area (Å²) in [4.78, 5) is 13.5. The molecule has 0 aliphatic heterocycles. The summed E-state index contributed by atoms with van der Waals surface area (Å²) in [6.45, 7) is 4.52.